The van der Waals surface area contributed by atoms with Gasteiger partial charge in [0.15, 0.2) is 5.82 Å². The van der Waals surface area contributed by atoms with Crippen LogP contribution in [0.5, 0.6) is 0 Å². The van der Waals surface area contributed by atoms with Crippen molar-refractivity contribution in [1.82, 2.24) is 9.55 Å². The molecule has 1 aromatic rings. The molecule has 14 heavy (non-hydrogen) atoms. The van der Waals surface area contributed by atoms with Gasteiger partial charge in [-0.1, -0.05) is 5.16 Å². The summed E-state index contributed by atoms with van der Waals surface area (Å²) in [6.07, 6.45) is 10.2. The van der Waals surface area contributed by atoms with Gasteiger partial charge < -0.3 is 14.5 Å². The summed E-state index contributed by atoms with van der Waals surface area (Å²) in [5.74, 6) is 3.01. The van der Waals surface area contributed by atoms with Crippen molar-refractivity contribution < 1.29 is 9.94 Å². The van der Waals surface area contributed by atoms with E-state index in [4.69, 9.17) is 16.4 Å². The van der Waals surface area contributed by atoms with E-state index in [2.05, 4.69) is 16.1 Å². The SMILES string of the molecule is C#CCCOCn1ccnc1/C=N\O. The minimum absolute atomic E-state index is 0.350. The molecule has 5 nitrogen and oxygen atoms in total. The minimum Gasteiger partial charge on any atom is -0.411 e. The molecule has 0 saturated carbocycles. The predicted molar refractivity (Wildman–Crippen MR) is 51.0 cm³/mol. The van der Waals surface area contributed by atoms with Crippen LogP contribution in [-0.4, -0.2) is 27.6 Å². The summed E-state index contributed by atoms with van der Waals surface area (Å²) < 4.78 is 6.95. The van der Waals surface area contributed by atoms with Crippen LogP contribution in [0.4, 0.5) is 0 Å². The Morgan fingerprint density at radius 3 is 3.36 bits per heavy atom. The van der Waals surface area contributed by atoms with Gasteiger partial charge in [-0.2, -0.15) is 0 Å². The Morgan fingerprint density at radius 1 is 1.79 bits per heavy atom. The van der Waals surface area contributed by atoms with E-state index in [-0.39, 0.29) is 0 Å². The number of aromatic nitrogens is 2. The van der Waals surface area contributed by atoms with Gasteiger partial charge in [0, 0.05) is 18.8 Å². The van der Waals surface area contributed by atoms with Crippen LogP contribution in [-0.2, 0) is 11.5 Å². The lowest BCUT2D eigenvalue weighted by Crippen LogP contribution is -2.06. The molecule has 0 aliphatic carbocycles. The normalized spacial score (nSPS) is 10.5. The van der Waals surface area contributed by atoms with Gasteiger partial charge in [0.1, 0.15) is 12.9 Å². The Bertz CT molecular complexity index is 338. The molecular formula is C9H11N3O2. The molecule has 74 valence electrons. The topological polar surface area (TPSA) is 59.6 Å². The third-order valence-electron chi connectivity index (χ3n) is 1.54. The fraction of sp³-hybridized carbons (Fsp3) is 0.333. The molecule has 1 heterocycles. The average molecular weight is 193 g/mol. The number of terminal acetylenes is 1. The molecule has 1 aromatic heterocycles. The Balaban J connectivity index is 2.42. The van der Waals surface area contributed by atoms with Crippen LogP contribution in [0.3, 0.4) is 0 Å². The predicted octanol–water partition coefficient (Wildman–Crippen LogP) is 0.689. The average Bonchev–Trinajstić information content (AvgIpc) is 2.61. The van der Waals surface area contributed by atoms with Crippen molar-refractivity contribution >= 4 is 6.21 Å². The number of hydrogen-bond donors (Lipinski definition) is 1. The van der Waals surface area contributed by atoms with Gasteiger partial charge in [-0.15, -0.1) is 12.3 Å². The van der Waals surface area contributed by atoms with E-state index in [0.717, 1.165) is 0 Å². The zero-order valence-corrected chi connectivity index (χ0v) is 7.63. The zero-order chi connectivity index (χ0) is 10.2. The van der Waals surface area contributed by atoms with Crippen LogP contribution < -0.4 is 0 Å². The molecule has 0 radical (unpaired) electrons. The van der Waals surface area contributed by atoms with Gasteiger partial charge in [-0.25, -0.2) is 4.98 Å². The van der Waals surface area contributed by atoms with Crippen LogP contribution in [0.2, 0.25) is 0 Å². The molecule has 0 amide bonds. The van der Waals surface area contributed by atoms with Gasteiger partial charge in [0.25, 0.3) is 0 Å². The lowest BCUT2D eigenvalue weighted by Gasteiger charge is -2.04. The van der Waals surface area contributed by atoms with Crippen molar-refractivity contribution in [3.05, 3.63) is 18.2 Å². The molecule has 1 rings (SSSR count). The quantitative estimate of drug-likeness (QED) is 0.246. The third-order valence-corrected chi connectivity index (χ3v) is 1.54. The van der Waals surface area contributed by atoms with Gasteiger partial charge in [0.05, 0.1) is 6.61 Å². The second-order valence-electron chi connectivity index (χ2n) is 2.49. The molecule has 0 bridgehead atoms. The van der Waals surface area contributed by atoms with Crippen LogP contribution >= 0.6 is 0 Å². The lowest BCUT2D eigenvalue weighted by atomic mass is 10.5. The maximum atomic E-state index is 8.32. The summed E-state index contributed by atoms with van der Waals surface area (Å²) in [5, 5.41) is 11.2. The maximum Gasteiger partial charge on any atom is 0.156 e. The third kappa shape index (κ3) is 2.92. The first-order valence-electron chi connectivity index (χ1n) is 4.08. The summed E-state index contributed by atoms with van der Waals surface area (Å²) in [6.45, 7) is 0.855. The molecule has 0 unspecified atom stereocenters. The molecule has 0 spiro atoms. The number of rotatable bonds is 5. The zero-order valence-electron chi connectivity index (χ0n) is 7.63. The molecule has 0 aromatic carbocycles. The van der Waals surface area contributed by atoms with Crippen LogP contribution in [0.25, 0.3) is 0 Å². The van der Waals surface area contributed by atoms with Crippen molar-refractivity contribution in [2.75, 3.05) is 6.61 Å². The van der Waals surface area contributed by atoms with Crippen molar-refractivity contribution in [3.63, 3.8) is 0 Å². The van der Waals surface area contributed by atoms with Crippen molar-refractivity contribution in [1.29, 1.82) is 0 Å². The summed E-state index contributed by atoms with van der Waals surface area (Å²) >= 11 is 0. The van der Waals surface area contributed by atoms with E-state index < -0.39 is 0 Å². The molecule has 0 atom stereocenters. The van der Waals surface area contributed by atoms with Gasteiger partial charge >= 0.3 is 0 Å². The maximum absolute atomic E-state index is 8.32. The van der Waals surface area contributed by atoms with Gasteiger partial charge in [0.2, 0.25) is 0 Å². The van der Waals surface area contributed by atoms with Crippen LogP contribution in [0.15, 0.2) is 17.5 Å². The standard InChI is InChI=1S/C9H11N3O2/c1-2-3-6-14-8-12-5-4-10-9(12)7-11-13/h1,4-5,7,13H,3,6,8H2/b11-7-. The van der Waals surface area contributed by atoms with E-state index in [9.17, 15) is 0 Å². The highest BCUT2D eigenvalue weighted by molar-refractivity contribution is 5.73. The fourth-order valence-corrected chi connectivity index (χ4v) is 0.903. The molecule has 0 aliphatic rings. The highest BCUT2D eigenvalue weighted by Gasteiger charge is 1.98. The highest BCUT2D eigenvalue weighted by Crippen LogP contribution is 1.95. The first kappa shape index (κ1) is 10.3. The second-order valence-corrected chi connectivity index (χ2v) is 2.49. The molecule has 0 aliphatic heterocycles. The number of nitrogens with zero attached hydrogens (tertiary/aromatic N) is 3. The molecule has 5 heteroatoms. The summed E-state index contributed by atoms with van der Waals surface area (Å²) in [4.78, 5) is 3.94. The van der Waals surface area contributed by atoms with E-state index in [1.807, 2.05) is 0 Å². The fourth-order valence-electron chi connectivity index (χ4n) is 0.903. The number of hydrogen-bond acceptors (Lipinski definition) is 4. The Morgan fingerprint density at radius 2 is 2.64 bits per heavy atom. The molecule has 1 N–H and O–H groups in total. The van der Waals surface area contributed by atoms with E-state index in [1.54, 1.807) is 17.0 Å². The summed E-state index contributed by atoms with van der Waals surface area (Å²) in [5.41, 5.74) is 0. The largest absolute Gasteiger partial charge is 0.411 e. The molecule has 0 saturated heterocycles. The van der Waals surface area contributed by atoms with Crippen molar-refractivity contribution in [2.24, 2.45) is 5.16 Å². The first-order valence-corrected chi connectivity index (χ1v) is 4.08. The van der Waals surface area contributed by atoms with E-state index >= 15 is 0 Å². The van der Waals surface area contributed by atoms with Crippen LogP contribution in [0.1, 0.15) is 12.2 Å². The number of ether oxygens (including phenoxy) is 1. The Hall–Kier alpha value is -1.80. The minimum atomic E-state index is 0.350. The Labute approximate surface area is 82.0 Å². The van der Waals surface area contributed by atoms with E-state index in [0.29, 0.717) is 25.6 Å². The van der Waals surface area contributed by atoms with Gasteiger partial charge in [-0.05, 0) is 0 Å². The van der Waals surface area contributed by atoms with E-state index in [1.165, 1.54) is 6.21 Å². The van der Waals surface area contributed by atoms with Gasteiger partial charge in [-0.3, -0.25) is 0 Å². The number of oxime groups is 1. The first-order chi connectivity index (χ1) is 6.88. The monoisotopic (exact) mass is 193 g/mol. The van der Waals surface area contributed by atoms with Crippen molar-refractivity contribution in [3.8, 4) is 12.3 Å². The summed E-state index contributed by atoms with van der Waals surface area (Å²) in [7, 11) is 0. The smallest absolute Gasteiger partial charge is 0.156 e. The molecular weight excluding hydrogens is 182 g/mol. The Kier molecular flexibility index (Phi) is 4.24. The lowest BCUT2D eigenvalue weighted by molar-refractivity contribution is 0.0812. The highest BCUT2D eigenvalue weighted by atomic mass is 16.5. The number of imidazole rings is 1. The van der Waals surface area contributed by atoms with Crippen molar-refractivity contribution in [2.45, 2.75) is 13.2 Å². The second kappa shape index (κ2) is 5.78. The molecule has 0 fully saturated rings. The summed E-state index contributed by atoms with van der Waals surface area (Å²) in [6, 6.07) is 0. The van der Waals surface area contributed by atoms with Crippen LogP contribution in [0, 0.1) is 12.3 Å².